The first kappa shape index (κ1) is 6.77. The third kappa shape index (κ3) is 1.48. The molecule has 0 aliphatic rings. The van der Waals surface area contributed by atoms with E-state index in [1.165, 1.54) is 7.11 Å². The maximum absolute atomic E-state index is 8.15. The molecule has 0 heterocycles. The molecule has 0 N–H and O–H groups in total. The molecule has 0 saturated heterocycles. The lowest BCUT2D eigenvalue weighted by Crippen LogP contribution is -1.84. The van der Waals surface area contributed by atoms with Crippen LogP contribution in [0.5, 0.6) is 0 Å². The molecule has 0 saturated carbocycles. The van der Waals surface area contributed by atoms with E-state index in [4.69, 9.17) is 5.26 Å². The minimum Gasteiger partial charge on any atom is -0.496 e. The topological polar surface area (TPSA) is 33.0 Å². The molecule has 0 aromatic carbocycles. The number of ether oxygens (including phenoxy) is 1. The van der Waals surface area contributed by atoms with Crippen LogP contribution in [0, 0.1) is 11.3 Å². The number of hydrogen-bond acceptors (Lipinski definition) is 2. The molecule has 0 aliphatic carbocycles. The van der Waals surface area contributed by atoms with Gasteiger partial charge in [-0.1, -0.05) is 13.2 Å². The molecular weight excluding hydrogens is 102 g/mol. The Bertz CT molecular complexity index is 152. The Morgan fingerprint density at radius 3 is 2.25 bits per heavy atom. The highest BCUT2D eigenvalue weighted by molar-refractivity contribution is 5.32. The van der Waals surface area contributed by atoms with Gasteiger partial charge < -0.3 is 4.74 Å². The summed E-state index contributed by atoms with van der Waals surface area (Å²) in [6, 6.07) is 1.80. The standard InChI is InChI=1S/C6H7NO/c1-5(4-7)6(2)8-3/h1-2H2,3H3. The van der Waals surface area contributed by atoms with Gasteiger partial charge in [0, 0.05) is 0 Å². The number of hydrogen-bond donors (Lipinski definition) is 0. The fourth-order valence-electron chi connectivity index (χ4n) is 0.186. The zero-order valence-corrected chi connectivity index (χ0v) is 4.77. The molecule has 0 radical (unpaired) electrons. The van der Waals surface area contributed by atoms with Crippen LogP contribution in [0.4, 0.5) is 0 Å². The van der Waals surface area contributed by atoms with Crippen molar-refractivity contribution >= 4 is 0 Å². The van der Waals surface area contributed by atoms with Crippen LogP contribution in [-0.2, 0) is 4.74 Å². The third-order valence-electron chi connectivity index (χ3n) is 0.718. The van der Waals surface area contributed by atoms with Crippen LogP contribution in [0.1, 0.15) is 0 Å². The highest BCUT2D eigenvalue weighted by Crippen LogP contribution is 2.01. The number of methoxy groups -OCH3 is 1. The molecule has 0 fully saturated rings. The minimum atomic E-state index is 0.271. The predicted molar refractivity (Wildman–Crippen MR) is 30.9 cm³/mol. The fraction of sp³-hybridized carbons (Fsp3) is 0.167. The van der Waals surface area contributed by atoms with E-state index in [2.05, 4.69) is 17.9 Å². The second kappa shape index (κ2) is 2.86. The van der Waals surface area contributed by atoms with Crippen molar-refractivity contribution in [1.29, 1.82) is 5.26 Å². The lowest BCUT2D eigenvalue weighted by molar-refractivity contribution is 0.305. The van der Waals surface area contributed by atoms with Crippen molar-refractivity contribution in [2.45, 2.75) is 0 Å². The summed E-state index contributed by atoms with van der Waals surface area (Å²) in [5, 5.41) is 8.15. The number of rotatable bonds is 2. The van der Waals surface area contributed by atoms with E-state index in [9.17, 15) is 0 Å². The van der Waals surface area contributed by atoms with Crippen LogP contribution in [-0.4, -0.2) is 7.11 Å². The molecule has 2 nitrogen and oxygen atoms in total. The van der Waals surface area contributed by atoms with E-state index in [0.717, 1.165) is 0 Å². The van der Waals surface area contributed by atoms with Gasteiger partial charge in [0.15, 0.2) is 0 Å². The van der Waals surface area contributed by atoms with Crippen LogP contribution in [0.15, 0.2) is 24.5 Å². The molecule has 0 spiro atoms. The molecule has 0 bridgehead atoms. The van der Waals surface area contributed by atoms with E-state index in [1.807, 2.05) is 0 Å². The summed E-state index contributed by atoms with van der Waals surface area (Å²) in [5.41, 5.74) is 0.271. The van der Waals surface area contributed by atoms with Crippen LogP contribution >= 0.6 is 0 Å². The Morgan fingerprint density at radius 1 is 1.62 bits per heavy atom. The van der Waals surface area contributed by atoms with Gasteiger partial charge in [0.1, 0.15) is 11.8 Å². The number of nitrogens with zero attached hydrogens (tertiary/aromatic N) is 1. The van der Waals surface area contributed by atoms with Gasteiger partial charge in [-0.3, -0.25) is 0 Å². The summed E-state index contributed by atoms with van der Waals surface area (Å²) >= 11 is 0. The van der Waals surface area contributed by atoms with Crippen LogP contribution in [0.2, 0.25) is 0 Å². The average Bonchev–Trinajstić information content (AvgIpc) is 1.84. The first-order valence-corrected chi connectivity index (χ1v) is 2.04. The Kier molecular flexibility index (Phi) is 2.42. The monoisotopic (exact) mass is 109 g/mol. The second-order valence-corrected chi connectivity index (χ2v) is 1.22. The lowest BCUT2D eigenvalue weighted by Gasteiger charge is -1.96. The van der Waals surface area contributed by atoms with Gasteiger partial charge in [-0.25, -0.2) is 0 Å². The van der Waals surface area contributed by atoms with Crippen molar-refractivity contribution in [1.82, 2.24) is 0 Å². The van der Waals surface area contributed by atoms with Crippen molar-refractivity contribution in [3.63, 3.8) is 0 Å². The molecule has 0 rings (SSSR count). The molecule has 2 heteroatoms. The molecule has 0 amide bonds. The quantitative estimate of drug-likeness (QED) is 0.303. The van der Waals surface area contributed by atoms with Crippen LogP contribution in [0.25, 0.3) is 0 Å². The highest BCUT2D eigenvalue weighted by Gasteiger charge is 1.93. The number of nitriles is 1. The lowest BCUT2D eigenvalue weighted by atomic mass is 10.3. The smallest absolute Gasteiger partial charge is 0.128 e. The summed E-state index contributed by atoms with van der Waals surface area (Å²) in [7, 11) is 1.45. The Balaban J connectivity index is 3.89. The molecule has 0 aliphatic heterocycles. The van der Waals surface area contributed by atoms with Gasteiger partial charge in [-0.2, -0.15) is 5.26 Å². The van der Waals surface area contributed by atoms with E-state index in [-0.39, 0.29) is 5.57 Å². The van der Waals surface area contributed by atoms with E-state index in [0.29, 0.717) is 5.76 Å². The molecule has 0 aromatic heterocycles. The molecule has 8 heavy (non-hydrogen) atoms. The van der Waals surface area contributed by atoms with Gasteiger partial charge >= 0.3 is 0 Å². The third-order valence-corrected chi connectivity index (χ3v) is 0.718. The van der Waals surface area contributed by atoms with Gasteiger partial charge in [0.2, 0.25) is 0 Å². The van der Waals surface area contributed by atoms with Crippen molar-refractivity contribution in [3.05, 3.63) is 24.5 Å². The van der Waals surface area contributed by atoms with Crippen LogP contribution < -0.4 is 0 Å². The molecule has 0 atom stereocenters. The summed E-state index contributed by atoms with van der Waals surface area (Å²) in [5.74, 6) is 0.326. The first-order valence-electron chi connectivity index (χ1n) is 2.04. The summed E-state index contributed by atoms with van der Waals surface area (Å²) in [6.45, 7) is 6.76. The molecule has 42 valence electrons. The molecule has 0 aromatic rings. The van der Waals surface area contributed by atoms with Crippen LogP contribution in [0.3, 0.4) is 0 Å². The van der Waals surface area contributed by atoms with Gasteiger partial charge in [-0.05, 0) is 0 Å². The van der Waals surface area contributed by atoms with Gasteiger partial charge in [0.05, 0.1) is 12.7 Å². The van der Waals surface area contributed by atoms with Crippen molar-refractivity contribution in [2.24, 2.45) is 0 Å². The summed E-state index contributed by atoms with van der Waals surface area (Å²) in [6.07, 6.45) is 0. The average molecular weight is 109 g/mol. The molecular formula is C6H7NO. The minimum absolute atomic E-state index is 0.271. The maximum atomic E-state index is 8.15. The van der Waals surface area contributed by atoms with Crippen molar-refractivity contribution in [2.75, 3.05) is 7.11 Å². The predicted octanol–water partition coefficient (Wildman–Crippen LogP) is 1.23. The Labute approximate surface area is 48.7 Å². The zero-order chi connectivity index (χ0) is 6.57. The molecule has 0 unspecified atom stereocenters. The normalized spacial score (nSPS) is 7.00. The SMILES string of the molecule is C=C(C#N)C(=C)OC. The largest absolute Gasteiger partial charge is 0.496 e. The summed E-state index contributed by atoms with van der Waals surface area (Å²) in [4.78, 5) is 0. The zero-order valence-electron chi connectivity index (χ0n) is 4.77. The van der Waals surface area contributed by atoms with Gasteiger partial charge in [0.25, 0.3) is 0 Å². The second-order valence-electron chi connectivity index (χ2n) is 1.22. The highest BCUT2D eigenvalue weighted by atomic mass is 16.5. The van der Waals surface area contributed by atoms with E-state index in [1.54, 1.807) is 6.07 Å². The van der Waals surface area contributed by atoms with Gasteiger partial charge in [-0.15, -0.1) is 0 Å². The first-order chi connectivity index (χ1) is 3.72. The van der Waals surface area contributed by atoms with Crippen molar-refractivity contribution < 1.29 is 4.74 Å². The van der Waals surface area contributed by atoms with Crippen molar-refractivity contribution in [3.8, 4) is 6.07 Å². The summed E-state index contributed by atoms with van der Waals surface area (Å²) < 4.78 is 4.59. The maximum Gasteiger partial charge on any atom is 0.128 e. The van der Waals surface area contributed by atoms with E-state index >= 15 is 0 Å². The Hall–Kier alpha value is -1.23. The Morgan fingerprint density at radius 2 is 2.12 bits per heavy atom. The fourth-order valence-corrected chi connectivity index (χ4v) is 0.186. The number of allylic oxidation sites excluding steroid dienone is 1. The van der Waals surface area contributed by atoms with E-state index < -0.39 is 0 Å².